The molecule has 2 aromatic rings. The van der Waals surface area contributed by atoms with E-state index in [9.17, 15) is 9.59 Å². The third-order valence-corrected chi connectivity index (χ3v) is 3.08. The fourth-order valence-electron chi connectivity index (χ4n) is 1.64. The van der Waals surface area contributed by atoms with Gasteiger partial charge in [0.1, 0.15) is 5.69 Å². The number of aryl methyl sites for hydroxylation is 1. The molecule has 0 aliphatic carbocycles. The molecule has 1 aromatic heterocycles. The standard InChI is InChI=1S/C14H11BrN2O3/c1-8-2-4-11(10(6-8)14(19)20)17-13(18)12-5-3-9(15)7-16-12/h2-7H,1H3,(H,17,18)(H,19,20). The number of carboxylic acid groups (broad SMARTS) is 1. The molecule has 0 saturated heterocycles. The lowest BCUT2D eigenvalue weighted by Crippen LogP contribution is -2.16. The van der Waals surface area contributed by atoms with E-state index in [0.29, 0.717) is 0 Å². The lowest BCUT2D eigenvalue weighted by molar-refractivity contribution is 0.0698. The first-order valence-corrected chi connectivity index (χ1v) is 6.53. The SMILES string of the molecule is Cc1ccc(NC(=O)c2ccc(Br)cn2)c(C(=O)O)c1. The van der Waals surface area contributed by atoms with E-state index in [0.717, 1.165) is 10.0 Å². The number of hydrogen-bond acceptors (Lipinski definition) is 3. The van der Waals surface area contributed by atoms with Crippen LogP contribution in [0.1, 0.15) is 26.4 Å². The van der Waals surface area contributed by atoms with Gasteiger partial charge in [-0.1, -0.05) is 11.6 Å². The average molecular weight is 335 g/mol. The van der Waals surface area contributed by atoms with Gasteiger partial charge in [-0.25, -0.2) is 9.78 Å². The molecule has 0 aliphatic rings. The third kappa shape index (κ3) is 3.21. The minimum atomic E-state index is -1.09. The van der Waals surface area contributed by atoms with Crippen LogP contribution in [-0.2, 0) is 0 Å². The van der Waals surface area contributed by atoms with Crippen LogP contribution in [0.25, 0.3) is 0 Å². The van der Waals surface area contributed by atoms with Crippen LogP contribution in [0.15, 0.2) is 41.0 Å². The number of amides is 1. The third-order valence-electron chi connectivity index (χ3n) is 2.61. The molecular weight excluding hydrogens is 324 g/mol. The van der Waals surface area contributed by atoms with E-state index in [1.165, 1.54) is 12.3 Å². The molecule has 0 radical (unpaired) electrons. The Bertz CT molecular complexity index is 669. The molecule has 1 heterocycles. The highest BCUT2D eigenvalue weighted by molar-refractivity contribution is 9.10. The van der Waals surface area contributed by atoms with Gasteiger partial charge in [0.2, 0.25) is 0 Å². The van der Waals surface area contributed by atoms with Crippen LogP contribution in [0.2, 0.25) is 0 Å². The van der Waals surface area contributed by atoms with E-state index in [2.05, 4.69) is 26.2 Å². The second kappa shape index (κ2) is 5.83. The number of hydrogen-bond donors (Lipinski definition) is 2. The van der Waals surface area contributed by atoms with Crippen LogP contribution in [0.4, 0.5) is 5.69 Å². The minimum Gasteiger partial charge on any atom is -0.478 e. The number of nitrogens with one attached hydrogen (secondary N) is 1. The Morgan fingerprint density at radius 3 is 2.60 bits per heavy atom. The maximum atomic E-state index is 12.0. The number of carboxylic acids is 1. The number of benzene rings is 1. The van der Waals surface area contributed by atoms with Crippen molar-refractivity contribution in [1.29, 1.82) is 0 Å². The highest BCUT2D eigenvalue weighted by atomic mass is 79.9. The quantitative estimate of drug-likeness (QED) is 0.903. The van der Waals surface area contributed by atoms with Crippen LogP contribution in [0.3, 0.4) is 0 Å². The number of halogens is 1. The molecule has 0 unspecified atom stereocenters. The van der Waals surface area contributed by atoms with Gasteiger partial charge < -0.3 is 10.4 Å². The summed E-state index contributed by atoms with van der Waals surface area (Å²) in [4.78, 5) is 27.1. The van der Waals surface area contributed by atoms with E-state index in [4.69, 9.17) is 5.11 Å². The molecule has 1 aromatic carbocycles. The van der Waals surface area contributed by atoms with Crippen molar-refractivity contribution in [2.24, 2.45) is 0 Å². The van der Waals surface area contributed by atoms with Gasteiger partial charge in [-0.2, -0.15) is 0 Å². The summed E-state index contributed by atoms with van der Waals surface area (Å²) in [6.45, 7) is 1.79. The fraction of sp³-hybridized carbons (Fsp3) is 0.0714. The molecule has 5 nitrogen and oxygen atoms in total. The summed E-state index contributed by atoms with van der Waals surface area (Å²) in [6, 6.07) is 8.04. The van der Waals surface area contributed by atoms with Gasteiger partial charge in [-0.15, -0.1) is 0 Å². The number of aromatic nitrogens is 1. The van der Waals surface area contributed by atoms with Crippen molar-refractivity contribution in [1.82, 2.24) is 4.98 Å². The molecule has 2 N–H and O–H groups in total. The Morgan fingerprint density at radius 2 is 2.00 bits per heavy atom. The smallest absolute Gasteiger partial charge is 0.337 e. The lowest BCUT2D eigenvalue weighted by atomic mass is 10.1. The van der Waals surface area contributed by atoms with E-state index in [1.54, 1.807) is 31.2 Å². The van der Waals surface area contributed by atoms with Gasteiger partial charge in [0.05, 0.1) is 11.3 Å². The van der Waals surface area contributed by atoms with Crippen molar-refractivity contribution in [3.63, 3.8) is 0 Å². The monoisotopic (exact) mass is 334 g/mol. The van der Waals surface area contributed by atoms with Crippen molar-refractivity contribution in [2.45, 2.75) is 6.92 Å². The Morgan fingerprint density at radius 1 is 1.25 bits per heavy atom. The molecule has 0 fully saturated rings. The van der Waals surface area contributed by atoms with Crippen molar-refractivity contribution in [3.8, 4) is 0 Å². The number of pyridine rings is 1. The number of carbonyl (C=O) groups is 2. The summed E-state index contributed by atoms with van der Waals surface area (Å²) in [5.74, 6) is -1.54. The second-order valence-electron chi connectivity index (χ2n) is 4.17. The largest absolute Gasteiger partial charge is 0.478 e. The van der Waals surface area contributed by atoms with Crippen LogP contribution in [0, 0.1) is 6.92 Å². The fourth-order valence-corrected chi connectivity index (χ4v) is 1.88. The second-order valence-corrected chi connectivity index (χ2v) is 5.09. The predicted molar refractivity (Wildman–Crippen MR) is 78.0 cm³/mol. The summed E-state index contributed by atoms with van der Waals surface area (Å²) < 4.78 is 0.760. The Labute approximate surface area is 123 Å². The zero-order valence-corrected chi connectivity index (χ0v) is 12.1. The van der Waals surface area contributed by atoms with Gasteiger partial charge in [0, 0.05) is 10.7 Å². The summed E-state index contributed by atoms with van der Waals surface area (Å²) in [5, 5.41) is 11.7. The zero-order valence-electron chi connectivity index (χ0n) is 10.6. The molecule has 0 spiro atoms. The minimum absolute atomic E-state index is 0.0514. The molecule has 0 saturated carbocycles. The van der Waals surface area contributed by atoms with Crippen LogP contribution in [0.5, 0.6) is 0 Å². The number of aromatic carboxylic acids is 1. The maximum absolute atomic E-state index is 12.0. The first-order chi connectivity index (χ1) is 9.47. The first-order valence-electron chi connectivity index (χ1n) is 5.74. The van der Waals surface area contributed by atoms with Crippen molar-refractivity contribution >= 4 is 33.5 Å². The first kappa shape index (κ1) is 14.2. The Kier molecular flexibility index (Phi) is 4.14. The number of anilines is 1. The van der Waals surface area contributed by atoms with E-state index >= 15 is 0 Å². The average Bonchev–Trinajstić information content (AvgIpc) is 2.41. The molecule has 0 atom stereocenters. The van der Waals surface area contributed by atoms with E-state index < -0.39 is 11.9 Å². The Balaban J connectivity index is 2.28. The van der Waals surface area contributed by atoms with Gasteiger partial charge >= 0.3 is 5.97 Å². The lowest BCUT2D eigenvalue weighted by Gasteiger charge is -2.09. The summed E-state index contributed by atoms with van der Waals surface area (Å²) in [6.07, 6.45) is 1.50. The number of rotatable bonds is 3. The van der Waals surface area contributed by atoms with Crippen molar-refractivity contribution < 1.29 is 14.7 Å². The molecule has 1 amide bonds. The molecule has 0 bridgehead atoms. The zero-order chi connectivity index (χ0) is 14.7. The number of nitrogens with zero attached hydrogens (tertiary/aromatic N) is 1. The summed E-state index contributed by atoms with van der Waals surface area (Å²) in [7, 11) is 0. The molecule has 2 rings (SSSR count). The van der Waals surface area contributed by atoms with E-state index in [1.807, 2.05) is 0 Å². The highest BCUT2D eigenvalue weighted by Gasteiger charge is 2.14. The molecule has 102 valence electrons. The molecule has 6 heteroatoms. The van der Waals surface area contributed by atoms with Gasteiger partial charge in [0.15, 0.2) is 0 Å². The predicted octanol–water partition coefficient (Wildman–Crippen LogP) is 3.10. The van der Waals surface area contributed by atoms with Crippen LogP contribution < -0.4 is 5.32 Å². The molecular formula is C14H11BrN2O3. The topological polar surface area (TPSA) is 79.3 Å². The normalized spacial score (nSPS) is 10.1. The summed E-state index contributed by atoms with van der Waals surface area (Å²) >= 11 is 3.23. The summed E-state index contributed by atoms with van der Waals surface area (Å²) in [5.41, 5.74) is 1.32. The molecule has 0 aliphatic heterocycles. The van der Waals surface area contributed by atoms with Crippen LogP contribution >= 0.6 is 15.9 Å². The van der Waals surface area contributed by atoms with E-state index in [-0.39, 0.29) is 16.9 Å². The van der Waals surface area contributed by atoms with Crippen LogP contribution in [-0.4, -0.2) is 22.0 Å². The van der Waals surface area contributed by atoms with Gasteiger partial charge in [-0.3, -0.25) is 4.79 Å². The number of carbonyl (C=O) groups excluding carboxylic acids is 1. The van der Waals surface area contributed by atoms with Crippen molar-refractivity contribution in [3.05, 3.63) is 57.8 Å². The van der Waals surface area contributed by atoms with Gasteiger partial charge in [-0.05, 0) is 47.1 Å². The maximum Gasteiger partial charge on any atom is 0.337 e. The van der Waals surface area contributed by atoms with Crippen molar-refractivity contribution in [2.75, 3.05) is 5.32 Å². The highest BCUT2D eigenvalue weighted by Crippen LogP contribution is 2.18. The Hall–Kier alpha value is -2.21. The molecule has 20 heavy (non-hydrogen) atoms. The van der Waals surface area contributed by atoms with Gasteiger partial charge in [0.25, 0.3) is 5.91 Å².